The van der Waals surface area contributed by atoms with Gasteiger partial charge in [0.1, 0.15) is 9.79 Å². The molecule has 1 saturated heterocycles. The molecule has 13 heteroatoms. The Morgan fingerprint density at radius 1 is 0.769 bits per heavy atom. The molecule has 0 radical (unpaired) electrons. The van der Waals surface area contributed by atoms with Gasteiger partial charge in [0.2, 0.25) is 20.0 Å². The van der Waals surface area contributed by atoms with Gasteiger partial charge < -0.3 is 24.9 Å². The molecule has 0 unspecified atom stereocenters. The highest BCUT2D eigenvalue weighted by Crippen LogP contribution is 2.35. The van der Waals surface area contributed by atoms with E-state index in [1.165, 1.54) is 6.07 Å². The van der Waals surface area contributed by atoms with Crippen molar-refractivity contribution in [3.8, 4) is 0 Å². The van der Waals surface area contributed by atoms with E-state index in [9.17, 15) is 16.8 Å². The van der Waals surface area contributed by atoms with Crippen LogP contribution >= 0.6 is 0 Å². The number of rotatable bonds is 14. The second-order valence-electron chi connectivity index (χ2n) is 10.3. The number of nitrogens with zero attached hydrogens (tertiary/aromatic N) is 4. The van der Waals surface area contributed by atoms with Gasteiger partial charge in [0, 0.05) is 58.9 Å². The van der Waals surface area contributed by atoms with E-state index in [-0.39, 0.29) is 22.9 Å². The summed E-state index contributed by atoms with van der Waals surface area (Å²) in [5.74, 6) is 0. The molecule has 11 nitrogen and oxygen atoms in total. The minimum atomic E-state index is -4.03. The van der Waals surface area contributed by atoms with Crippen molar-refractivity contribution in [2.45, 2.75) is 16.3 Å². The molecule has 0 aromatic heterocycles. The highest BCUT2D eigenvalue weighted by molar-refractivity contribution is 7.90. The topological polar surface area (TPSA) is 117 Å². The van der Waals surface area contributed by atoms with E-state index in [2.05, 4.69) is 19.7 Å². The van der Waals surface area contributed by atoms with Gasteiger partial charge in [-0.1, -0.05) is 30.3 Å². The molecule has 0 aliphatic carbocycles. The van der Waals surface area contributed by atoms with Gasteiger partial charge in [0.25, 0.3) is 0 Å². The third-order valence-corrected chi connectivity index (χ3v) is 9.50. The fraction of sp³-hybridized carbons (Fsp3) is 0.538. The van der Waals surface area contributed by atoms with Crippen LogP contribution in [0.5, 0.6) is 0 Å². The van der Waals surface area contributed by atoms with Gasteiger partial charge in [0.15, 0.2) is 0 Å². The van der Waals surface area contributed by atoms with Crippen molar-refractivity contribution < 1.29 is 16.8 Å². The molecule has 0 amide bonds. The minimum absolute atomic E-state index is 0.0379. The summed E-state index contributed by atoms with van der Waals surface area (Å²) in [4.78, 5) is 7.82. The Hall–Kier alpha value is -2.26. The van der Waals surface area contributed by atoms with Crippen LogP contribution in [0, 0.1) is 0 Å². The van der Waals surface area contributed by atoms with Crippen molar-refractivity contribution in [3.63, 3.8) is 0 Å². The summed E-state index contributed by atoms with van der Waals surface area (Å²) in [5.41, 5.74) is 1.82. The predicted octanol–water partition coefficient (Wildman–Crippen LogP) is 0.730. The summed E-state index contributed by atoms with van der Waals surface area (Å²) in [6, 6.07) is 12.6. The number of benzene rings is 2. The van der Waals surface area contributed by atoms with E-state index in [0.717, 1.165) is 18.7 Å². The fourth-order valence-electron chi connectivity index (χ4n) is 4.18. The van der Waals surface area contributed by atoms with Crippen LogP contribution in [-0.2, 0) is 26.6 Å². The first-order valence-corrected chi connectivity index (χ1v) is 16.0. The second kappa shape index (κ2) is 13.9. The van der Waals surface area contributed by atoms with Crippen LogP contribution in [0.3, 0.4) is 0 Å². The molecule has 218 valence electrons. The number of likely N-dealkylation sites (N-methyl/N-ethyl adjacent to an activating group) is 3. The lowest BCUT2D eigenvalue weighted by molar-refractivity contribution is 0.312. The zero-order chi connectivity index (χ0) is 28.6. The molecular weight excluding hydrogens is 538 g/mol. The molecule has 3 rings (SSSR count). The smallest absolute Gasteiger partial charge is 0.242 e. The summed E-state index contributed by atoms with van der Waals surface area (Å²) in [6.45, 7) is 4.59. The quantitative estimate of drug-likeness (QED) is 0.297. The number of piperazine rings is 1. The largest absolute Gasteiger partial charge is 0.380 e. The second-order valence-corrected chi connectivity index (χ2v) is 13.8. The molecule has 39 heavy (non-hydrogen) atoms. The highest BCUT2D eigenvalue weighted by Gasteiger charge is 2.29. The van der Waals surface area contributed by atoms with Crippen LogP contribution in [0.2, 0.25) is 0 Å². The molecule has 3 N–H and O–H groups in total. The van der Waals surface area contributed by atoms with Crippen LogP contribution in [0.15, 0.2) is 52.3 Å². The summed E-state index contributed by atoms with van der Waals surface area (Å²) in [6.07, 6.45) is 0. The van der Waals surface area contributed by atoms with Crippen molar-refractivity contribution >= 4 is 31.4 Å². The van der Waals surface area contributed by atoms with E-state index in [4.69, 9.17) is 0 Å². The molecule has 0 atom stereocenters. The third kappa shape index (κ3) is 9.13. The molecule has 0 bridgehead atoms. The van der Waals surface area contributed by atoms with Gasteiger partial charge in [0.05, 0.1) is 11.4 Å². The molecule has 1 aliphatic rings. The Balaban J connectivity index is 2.10. The number of hydrogen-bond donors (Lipinski definition) is 3. The van der Waals surface area contributed by atoms with Crippen molar-refractivity contribution in [3.05, 3.63) is 48.0 Å². The van der Waals surface area contributed by atoms with Crippen LogP contribution in [0.1, 0.15) is 5.56 Å². The molecule has 1 heterocycles. The van der Waals surface area contributed by atoms with Crippen LogP contribution < -0.4 is 19.7 Å². The first-order chi connectivity index (χ1) is 18.4. The molecule has 0 saturated carbocycles. The number of nitrogens with one attached hydrogen (secondary N) is 3. The molecule has 1 fully saturated rings. The lowest BCUT2D eigenvalue weighted by Crippen LogP contribution is -2.45. The van der Waals surface area contributed by atoms with Crippen molar-refractivity contribution in [2.75, 3.05) is 97.8 Å². The van der Waals surface area contributed by atoms with Gasteiger partial charge in [-0.2, -0.15) is 0 Å². The zero-order valence-corrected chi connectivity index (χ0v) is 25.3. The first-order valence-electron chi connectivity index (χ1n) is 13.1. The van der Waals surface area contributed by atoms with E-state index >= 15 is 0 Å². The van der Waals surface area contributed by atoms with E-state index in [0.29, 0.717) is 44.1 Å². The molecule has 2 aromatic rings. The van der Waals surface area contributed by atoms with Gasteiger partial charge in [-0.3, -0.25) is 0 Å². The van der Waals surface area contributed by atoms with Gasteiger partial charge in [-0.25, -0.2) is 26.3 Å². The van der Waals surface area contributed by atoms with Crippen LogP contribution in [0.25, 0.3) is 0 Å². The Morgan fingerprint density at radius 2 is 1.31 bits per heavy atom. The van der Waals surface area contributed by atoms with E-state index in [1.807, 2.05) is 80.3 Å². The molecule has 2 aromatic carbocycles. The summed E-state index contributed by atoms with van der Waals surface area (Å²) in [7, 11) is 1.43. The monoisotopic (exact) mass is 581 g/mol. The summed E-state index contributed by atoms with van der Waals surface area (Å²) in [5, 5.41) is 3.27. The maximum absolute atomic E-state index is 13.6. The number of anilines is 2. The van der Waals surface area contributed by atoms with Crippen molar-refractivity contribution in [1.29, 1.82) is 0 Å². The predicted molar refractivity (Wildman–Crippen MR) is 157 cm³/mol. The maximum Gasteiger partial charge on any atom is 0.242 e. The number of hydrogen-bond acceptors (Lipinski definition) is 9. The van der Waals surface area contributed by atoms with E-state index < -0.39 is 20.0 Å². The van der Waals surface area contributed by atoms with Crippen molar-refractivity contribution in [2.24, 2.45) is 0 Å². The van der Waals surface area contributed by atoms with Gasteiger partial charge in [-0.05, 0) is 52.9 Å². The molecular formula is C26H43N7O4S2. The standard InChI is InChI=1S/C26H43N7O4S2/c1-30(2)13-11-28-38(34,35)25-20-26(39(36,37)29-12-14-31(3)4)24(33-17-15-32(5)16-18-33)19-23(25)27-21-22-9-7-6-8-10-22/h6-10,19-20,27-29H,11-18,21H2,1-5H3. The lowest BCUT2D eigenvalue weighted by Gasteiger charge is -2.35. The maximum atomic E-state index is 13.6. The average Bonchev–Trinajstić information content (AvgIpc) is 2.87. The lowest BCUT2D eigenvalue weighted by atomic mass is 10.2. The summed E-state index contributed by atoms with van der Waals surface area (Å²) >= 11 is 0. The Morgan fingerprint density at radius 3 is 1.85 bits per heavy atom. The molecule has 0 spiro atoms. The molecule has 1 aliphatic heterocycles. The van der Waals surface area contributed by atoms with Crippen LogP contribution in [0.4, 0.5) is 11.4 Å². The first kappa shape index (κ1) is 31.3. The number of sulfonamides is 2. The fourth-order valence-corrected chi connectivity index (χ4v) is 6.71. The highest BCUT2D eigenvalue weighted by atomic mass is 32.2. The van der Waals surface area contributed by atoms with Crippen molar-refractivity contribution in [1.82, 2.24) is 24.1 Å². The van der Waals surface area contributed by atoms with E-state index in [1.54, 1.807) is 6.07 Å². The summed E-state index contributed by atoms with van der Waals surface area (Å²) < 4.78 is 59.6. The zero-order valence-electron chi connectivity index (χ0n) is 23.6. The minimum Gasteiger partial charge on any atom is -0.380 e. The van der Waals surface area contributed by atoms with Gasteiger partial charge >= 0.3 is 0 Å². The van der Waals surface area contributed by atoms with Gasteiger partial charge in [-0.15, -0.1) is 0 Å². The van der Waals surface area contributed by atoms with Crippen LogP contribution in [-0.4, -0.2) is 119 Å². The Labute approximate surface area is 234 Å². The normalized spacial score (nSPS) is 15.3. The average molecular weight is 582 g/mol. The SMILES string of the molecule is CN(C)CCNS(=O)(=O)c1cc(S(=O)(=O)NCCN(C)C)c(N2CCN(C)CC2)cc1NCc1ccccc1. The Bertz CT molecular complexity index is 1280. The Kier molecular flexibility index (Phi) is 11.1. The third-order valence-electron chi connectivity index (χ3n) is 6.51.